The maximum atomic E-state index is 13.4. The Balaban J connectivity index is 1.55. The summed E-state index contributed by atoms with van der Waals surface area (Å²) in [4.78, 5) is 21.3. The highest BCUT2D eigenvalue weighted by Crippen LogP contribution is 2.39. The van der Waals surface area contributed by atoms with E-state index in [1.807, 2.05) is 12.1 Å². The van der Waals surface area contributed by atoms with Crippen molar-refractivity contribution < 1.29 is 18.7 Å². The van der Waals surface area contributed by atoms with Crippen molar-refractivity contribution in [2.75, 3.05) is 50.7 Å². The van der Waals surface area contributed by atoms with E-state index in [2.05, 4.69) is 15.2 Å². The minimum atomic E-state index is -0.738. The minimum absolute atomic E-state index is 0.0647. The normalized spacial score (nSPS) is 22.5. The number of nitrogens with one attached hydrogen (secondary N) is 1. The van der Waals surface area contributed by atoms with Crippen LogP contribution in [-0.4, -0.2) is 68.6 Å². The Kier molecular flexibility index (Phi) is 6.05. The second-order valence-corrected chi connectivity index (χ2v) is 8.53. The first-order valence-corrected chi connectivity index (χ1v) is 10.9. The van der Waals surface area contributed by atoms with Crippen LogP contribution in [-0.2, 0) is 4.74 Å². The number of nitrogens with zero attached hydrogens (tertiary/aromatic N) is 3. The highest BCUT2D eigenvalue weighted by atomic mass is 32.1. The maximum Gasteiger partial charge on any atom is 0.323 e. The summed E-state index contributed by atoms with van der Waals surface area (Å²) in [7, 11) is 3.39. The third kappa shape index (κ3) is 4.25. The summed E-state index contributed by atoms with van der Waals surface area (Å²) in [5.74, 6) is 0.684. The number of hydrogen-bond donors (Lipinski definition) is 1. The van der Waals surface area contributed by atoms with Gasteiger partial charge in [0, 0.05) is 26.2 Å². The van der Waals surface area contributed by atoms with Crippen molar-refractivity contribution >= 4 is 38.4 Å². The number of urea groups is 1. The van der Waals surface area contributed by atoms with Crippen LogP contribution >= 0.6 is 11.3 Å². The molecule has 9 heteroatoms. The van der Waals surface area contributed by atoms with Gasteiger partial charge in [0.25, 0.3) is 0 Å². The fourth-order valence-corrected chi connectivity index (χ4v) is 5.02. The predicted octanol–water partition coefficient (Wildman–Crippen LogP) is 3.89. The number of carbonyl (C=O) groups excluding carboxylic acids is 1. The molecule has 0 unspecified atom stereocenters. The average molecular weight is 423 g/mol. The molecule has 7 nitrogen and oxygen atoms in total. The summed E-state index contributed by atoms with van der Waals surface area (Å²) >= 11 is 1.45. The number of aromatic nitrogens is 1. The summed E-state index contributed by atoms with van der Waals surface area (Å²) in [6.45, 7) is 3.03. The average Bonchev–Trinajstić information content (AvgIpc) is 3.17. The van der Waals surface area contributed by atoms with E-state index in [1.54, 1.807) is 19.1 Å². The second-order valence-electron chi connectivity index (χ2n) is 7.53. The van der Waals surface area contributed by atoms with Crippen molar-refractivity contribution in [3.8, 4) is 5.75 Å². The number of morpholine rings is 1. The van der Waals surface area contributed by atoms with Crippen LogP contribution in [0.4, 0.5) is 20.0 Å². The number of ether oxygens (including phenoxy) is 2. The number of rotatable bonds is 4. The van der Waals surface area contributed by atoms with Crippen LogP contribution in [0.15, 0.2) is 12.1 Å². The summed E-state index contributed by atoms with van der Waals surface area (Å²) in [6.07, 6.45) is 1.69. The Bertz CT molecular complexity index is 863. The third-order valence-electron chi connectivity index (χ3n) is 5.77. The standard InChI is InChI=1S/C20H27FN4O3S/c1-24(14-5-3-13(21)4-6-14)20(26)23-19-22-17-16(27-2)8-7-15(18(17)29-19)25-9-11-28-12-10-25/h7-8,13-14H,3-6,9-12H2,1-2H3,(H,22,23,26). The fourth-order valence-electron chi connectivity index (χ4n) is 4.01. The molecule has 1 aliphatic carbocycles. The van der Waals surface area contributed by atoms with Crippen molar-refractivity contribution in [1.82, 2.24) is 9.88 Å². The van der Waals surface area contributed by atoms with Crippen LogP contribution < -0.4 is 15.0 Å². The number of carbonyl (C=O) groups is 1. The zero-order chi connectivity index (χ0) is 20.4. The Hall–Kier alpha value is -2.13. The number of fused-ring (bicyclic) bond motifs is 1. The van der Waals surface area contributed by atoms with Crippen molar-refractivity contribution in [3.63, 3.8) is 0 Å². The molecule has 2 aliphatic rings. The molecular weight excluding hydrogens is 395 g/mol. The third-order valence-corrected chi connectivity index (χ3v) is 6.76. The van der Waals surface area contributed by atoms with E-state index in [0.29, 0.717) is 49.8 Å². The van der Waals surface area contributed by atoms with Gasteiger partial charge in [-0.15, -0.1) is 0 Å². The van der Waals surface area contributed by atoms with E-state index in [9.17, 15) is 9.18 Å². The number of thiazole rings is 1. The van der Waals surface area contributed by atoms with E-state index >= 15 is 0 Å². The number of methoxy groups -OCH3 is 1. The number of hydrogen-bond acceptors (Lipinski definition) is 6. The Morgan fingerprint density at radius 1 is 1.31 bits per heavy atom. The lowest BCUT2D eigenvalue weighted by Crippen LogP contribution is -2.42. The number of anilines is 2. The molecule has 0 bridgehead atoms. The van der Waals surface area contributed by atoms with Crippen LogP contribution in [0.1, 0.15) is 25.7 Å². The minimum Gasteiger partial charge on any atom is -0.494 e. The van der Waals surface area contributed by atoms with Gasteiger partial charge in [-0.05, 0) is 37.8 Å². The lowest BCUT2D eigenvalue weighted by Gasteiger charge is -2.32. The SMILES string of the molecule is COc1ccc(N2CCOCC2)c2sc(NC(=O)N(C)C3CCC(F)CC3)nc12. The van der Waals surface area contributed by atoms with Gasteiger partial charge >= 0.3 is 6.03 Å². The van der Waals surface area contributed by atoms with Gasteiger partial charge in [0.2, 0.25) is 0 Å². The number of alkyl halides is 1. The number of halogens is 1. The fraction of sp³-hybridized carbons (Fsp3) is 0.600. The van der Waals surface area contributed by atoms with Crippen molar-refractivity contribution in [2.24, 2.45) is 0 Å². The van der Waals surface area contributed by atoms with Gasteiger partial charge in [0.15, 0.2) is 5.13 Å². The summed E-state index contributed by atoms with van der Waals surface area (Å²) in [6, 6.07) is 3.81. The van der Waals surface area contributed by atoms with Gasteiger partial charge in [-0.1, -0.05) is 11.3 Å². The lowest BCUT2D eigenvalue weighted by molar-refractivity contribution is 0.123. The zero-order valence-corrected chi connectivity index (χ0v) is 17.6. The molecule has 2 fully saturated rings. The zero-order valence-electron chi connectivity index (χ0n) is 16.8. The molecule has 1 saturated carbocycles. The Morgan fingerprint density at radius 3 is 2.72 bits per heavy atom. The number of benzene rings is 1. The predicted molar refractivity (Wildman–Crippen MR) is 113 cm³/mol. The molecule has 0 radical (unpaired) electrons. The molecule has 0 atom stereocenters. The Labute approximate surface area is 173 Å². The van der Waals surface area contributed by atoms with Gasteiger partial charge in [0.1, 0.15) is 17.4 Å². The van der Waals surface area contributed by atoms with Crippen molar-refractivity contribution in [3.05, 3.63) is 12.1 Å². The van der Waals surface area contributed by atoms with Crippen molar-refractivity contribution in [2.45, 2.75) is 37.9 Å². The van der Waals surface area contributed by atoms with Gasteiger partial charge < -0.3 is 19.3 Å². The van der Waals surface area contributed by atoms with Crippen LogP contribution in [0.2, 0.25) is 0 Å². The van der Waals surface area contributed by atoms with Crippen molar-refractivity contribution in [1.29, 1.82) is 0 Å². The quantitative estimate of drug-likeness (QED) is 0.810. The molecule has 2 amide bonds. The topological polar surface area (TPSA) is 66.9 Å². The summed E-state index contributed by atoms with van der Waals surface area (Å²) in [5, 5.41) is 3.46. The molecule has 0 spiro atoms. The van der Waals surface area contributed by atoms with E-state index in [4.69, 9.17) is 9.47 Å². The van der Waals surface area contributed by atoms with Crippen LogP contribution in [0.5, 0.6) is 5.75 Å². The molecule has 1 saturated heterocycles. The summed E-state index contributed by atoms with van der Waals surface area (Å²) in [5.41, 5.74) is 1.83. The first-order valence-electron chi connectivity index (χ1n) is 10.0. The highest BCUT2D eigenvalue weighted by molar-refractivity contribution is 7.23. The van der Waals surface area contributed by atoms with E-state index in [-0.39, 0.29) is 12.1 Å². The molecule has 2 aromatic rings. The first kappa shape index (κ1) is 20.2. The highest BCUT2D eigenvalue weighted by Gasteiger charge is 2.27. The molecule has 1 N–H and O–H groups in total. The van der Waals surface area contributed by atoms with Gasteiger partial charge in [-0.25, -0.2) is 14.2 Å². The number of amides is 2. The van der Waals surface area contributed by atoms with Crippen LogP contribution in [0, 0.1) is 0 Å². The lowest BCUT2D eigenvalue weighted by atomic mass is 9.93. The van der Waals surface area contributed by atoms with Gasteiger partial charge in [0.05, 0.1) is 30.7 Å². The van der Waals surface area contributed by atoms with Gasteiger partial charge in [-0.2, -0.15) is 0 Å². The maximum absolute atomic E-state index is 13.4. The van der Waals surface area contributed by atoms with E-state index in [1.165, 1.54) is 11.3 Å². The molecular formula is C20H27FN4O3S. The molecule has 1 aromatic carbocycles. The molecule has 158 valence electrons. The van der Waals surface area contributed by atoms with E-state index < -0.39 is 6.17 Å². The van der Waals surface area contributed by atoms with Crippen LogP contribution in [0.25, 0.3) is 10.2 Å². The molecule has 2 heterocycles. The first-order chi connectivity index (χ1) is 14.1. The largest absolute Gasteiger partial charge is 0.494 e. The van der Waals surface area contributed by atoms with Gasteiger partial charge in [-0.3, -0.25) is 5.32 Å². The monoisotopic (exact) mass is 422 g/mol. The molecule has 1 aromatic heterocycles. The summed E-state index contributed by atoms with van der Waals surface area (Å²) < 4.78 is 25.3. The second kappa shape index (κ2) is 8.71. The smallest absolute Gasteiger partial charge is 0.323 e. The molecule has 29 heavy (non-hydrogen) atoms. The van der Waals surface area contributed by atoms with E-state index in [0.717, 1.165) is 29.0 Å². The Morgan fingerprint density at radius 2 is 2.03 bits per heavy atom. The molecule has 4 rings (SSSR count). The molecule has 1 aliphatic heterocycles. The van der Waals surface area contributed by atoms with Crippen LogP contribution in [0.3, 0.4) is 0 Å².